The molecule has 0 bridgehead atoms. The monoisotopic (exact) mass is 342 g/mol. The Morgan fingerprint density at radius 3 is 2.72 bits per heavy atom. The lowest BCUT2D eigenvalue weighted by Crippen LogP contribution is -2.48. The minimum absolute atomic E-state index is 0.0115. The Hall–Kier alpha value is -1.55. The number of carbonyl (C=O) groups is 3. The van der Waals surface area contributed by atoms with Crippen molar-refractivity contribution < 1.29 is 19.5 Å². The van der Waals surface area contributed by atoms with Crippen molar-refractivity contribution in [3.8, 4) is 0 Å². The molecule has 4 aliphatic rings. The maximum Gasteiger partial charge on any atom is 0.163 e. The third-order valence-electron chi connectivity index (χ3n) is 7.77. The van der Waals surface area contributed by atoms with E-state index in [-0.39, 0.29) is 41.7 Å². The van der Waals surface area contributed by atoms with Gasteiger partial charge in [-0.15, -0.1) is 0 Å². The minimum Gasteiger partial charge on any atom is -0.389 e. The fourth-order valence-electron chi connectivity index (χ4n) is 6.37. The number of hydrogen-bond donors (Lipinski definition) is 1. The summed E-state index contributed by atoms with van der Waals surface area (Å²) in [5, 5.41) is 9.34. The Morgan fingerprint density at radius 2 is 2.00 bits per heavy atom. The molecule has 4 rings (SSSR count). The van der Waals surface area contributed by atoms with Crippen molar-refractivity contribution in [3.05, 3.63) is 23.3 Å². The predicted molar refractivity (Wildman–Crippen MR) is 92.7 cm³/mol. The van der Waals surface area contributed by atoms with Gasteiger partial charge in [0, 0.05) is 5.92 Å². The van der Waals surface area contributed by atoms with Gasteiger partial charge in [-0.25, -0.2) is 0 Å². The molecular weight excluding hydrogens is 316 g/mol. The van der Waals surface area contributed by atoms with Crippen molar-refractivity contribution in [2.24, 2.45) is 28.6 Å². The van der Waals surface area contributed by atoms with Crippen molar-refractivity contribution in [2.45, 2.75) is 52.4 Å². The van der Waals surface area contributed by atoms with Gasteiger partial charge in [0.25, 0.3) is 0 Å². The highest BCUT2D eigenvalue weighted by atomic mass is 16.3. The van der Waals surface area contributed by atoms with Crippen molar-refractivity contribution >= 4 is 17.3 Å². The normalized spacial score (nSPS) is 42.9. The summed E-state index contributed by atoms with van der Waals surface area (Å²) in [5.41, 5.74) is 1.46. The first-order valence-corrected chi connectivity index (χ1v) is 9.43. The fraction of sp³-hybridized carbons (Fsp3) is 0.667. The van der Waals surface area contributed by atoms with Crippen LogP contribution in [0, 0.1) is 28.6 Å². The third kappa shape index (κ3) is 2.13. The van der Waals surface area contributed by atoms with Crippen LogP contribution in [0.3, 0.4) is 0 Å². The van der Waals surface area contributed by atoms with E-state index >= 15 is 0 Å². The van der Waals surface area contributed by atoms with E-state index in [1.807, 2.05) is 6.92 Å². The van der Waals surface area contributed by atoms with Gasteiger partial charge in [0.05, 0.1) is 11.8 Å². The van der Waals surface area contributed by atoms with Gasteiger partial charge >= 0.3 is 0 Å². The van der Waals surface area contributed by atoms with E-state index in [0.29, 0.717) is 11.8 Å². The van der Waals surface area contributed by atoms with Crippen LogP contribution in [0.25, 0.3) is 0 Å². The molecule has 1 N–H and O–H groups in total. The molecule has 0 aromatic heterocycles. The summed E-state index contributed by atoms with van der Waals surface area (Å²) in [7, 11) is 0. The average Bonchev–Trinajstić information content (AvgIpc) is 2.93. The molecule has 4 heteroatoms. The van der Waals surface area contributed by atoms with E-state index in [9.17, 15) is 19.5 Å². The second-order valence-corrected chi connectivity index (χ2v) is 8.74. The maximum absolute atomic E-state index is 12.8. The van der Waals surface area contributed by atoms with Crippen LogP contribution in [0.1, 0.15) is 52.4 Å². The lowest BCUT2D eigenvalue weighted by molar-refractivity contribution is -0.132. The Bertz CT molecular complexity index is 730. The van der Waals surface area contributed by atoms with Crippen LogP contribution in [0.5, 0.6) is 0 Å². The standard InChI is InChI=1S/C21H26O4/c1-20-8-7-16-14(15(20)5-6-17(20)18(24)11-22)4-3-12-9-13(23)10-19(25)21(12,16)2/h7,9,14-15,17,22H,3-6,8,10-11H2,1-2H3/t14-,15-,17+,20-,21-/m0/s1. The van der Waals surface area contributed by atoms with Crippen LogP contribution in [-0.2, 0) is 14.4 Å². The second kappa shape index (κ2) is 5.47. The van der Waals surface area contributed by atoms with E-state index in [1.54, 1.807) is 6.08 Å². The van der Waals surface area contributed by atoms with E-state index in [0.717, 1.165) is 37.7 Å². The third-order valence-corrected chi connectivity index (χ3v) is 7.77. The van der Waals surface area contributed by atoms with Crippen LogP contribution >= 0.6 is 0 Å². The van der Waals surface area contributed by atoms with Crippen molar-refractivity contribution in [3.63, 3.8) is 0 Å². The number of Topliss-reactive ketones (excluding diaryl/α,β-unsaturated/α-hetero) is 2. The molecule has 0 aromatic carbocycles. The Labute approximate surface area is 148 Å². The molecule has 2 fully saturated rings. The molecule has 0 amide bonds. The van der Waals surface area contributed by atoms with Gasteiger partial charge in [0.15, 0.2) is 17.3 Å². The summed E-state index contributed by atoms with van der Waals surface area (Å²) >= 11 is 0. The number of hydrogen-bond acceptors (Lipinski definition) is 4. The van der Waals surface area contributed by atoms with Crippen LogP contribution in [-0.4, -0.2) is 29.1 Å². The topological polar surface area (TPSA) is 71.4 Å². The number of carbonyl (C=O) groups excluding carboxylic acids is 3. The molecule has 0 unspecified atom stereocenters. The van der Waals surface area contributed by atoms with E-state index in [2.05, 4.69) is 13.0 Å². The molecule has 5 atom stereocenters. The largest absolute Gasteiger partial charge is 0.389 e. The van der Waals surface area contributed by atoms with Gasteiger partial charge in [-0.3, -0.25) is 14.4 Å². The van der Waals surface area contributed by atoms with Gasteiger partial charge in [-0.1, -0.05) is 18.6 Å². The molecule has 0 saturated heterocycles. The van der Waals surface area contributed by atoms with Crippen LogP contribution < -0.4 is 0 Å². The van der Waals surface area contributed by atoms with Crippen LogP contribution in [0.4, 0.5) is 0 Å². The predicted octanol–water partition coefficient (Wildman–Crippen LogP) is 2.80. The molecule has 0 radical (unpaired) electrons. The first-order valence-electron chi connectivity index (χ1n) is 9.43. The quantitative estimate of drug-likeness (QED) is 0.619. The SMILES string of the molecule is C[C@]12C(=O)CC(=O)C=C1CC[C@@H]1C2=CC[C@]2(C)[C@@H](C(=O)CO)CC[C@@H]12. The molecule has 0 spiro atoms. The number of fused-ring (bicyclic) bond motifs is 5. The fourth-order valence-corrected chi connectivity index (χ4v) is 6.37. The molecule has 2 saturated carbocycles. The van der Waals surface area contributed by atoms with Crippen LogP contribution in [0.15, 0.2) is 23.3 Å². The highest BCUT2D eigenvalue weighted by Crippen LogP contribution is 2.63. The first-order chi connectivity index (χ1) is 11.8. The summed E-state index contributed by atoms with van der Waals surface area (Å²) in [6.45, 7) is 3.81. The summed E-state index contributed by atoms with van der Waals surface area (Å²) in [5.74, 6) is 0.561. The average molecular weight is 342 g/mol. The molecule has 4 aliphatic carbocycles. The molecule has 0 heterocycles. The zero-order chi connectivity index (χ0) is 18.0. The zero-order valence-corrected chi connectivity index (χ0v) is 15.0. The molecule has 134 valence electrons. The first kappa shape index (κ1) is 16.9. The second-order valence-electron chi connectivity index (χ2n) is 8.74. The minimum atomic E-state index is -0.614. The van der Waals surface area contributed by atoms with Gasteiger partial charge in [-0.05, 0) is 67.9 Å². The van der Waals surface area contributed by atoms with Crippen molar-refractivity contribution in [1.82, 2.24) is 0 Å². The van der Waals surface area contributed by atoms with E-state index in [1.165, 1.54) is 5.57 Å². The summed E-state index contributed by atoms with van der Waals surface area (Å²) in [6, 6.07) is 0. The van der Waals surface area contributed by atoms with Gasteiger partial charge < -0.3 is 5.11 Å². The Morgan fingerprint density at radius 1 is 1.24 bits per heavy atom. The highest BCUT2D eigenvalue weighted by molar-refractivity contribution is 6.12. The van der Waals surface area contributed by atoms with Crippen molar-refractivity contribution in [2.75, 3.05) is 6.61 Å². The smallest absolute Gasteiger partial charge is 0.163 e. The number of allylic oxidation sites excluding steroid dienone is 4. The Kier molecular flexibility index (Phi) is 3.70. The number of aliphatic hydroxyl groups excluding tert-OH is 1. The molecule has 0 aromatic rings. The van der Waals surface area contributed by atoms with Gasteiger partial charge in [0.2, 0.25) is 0 Å². The Balaban J connectivity index is 1.76. The lowest BCUT2D eigenvalue weighted by atomic mass is 9.51. The number of aliphatic hydroxyl groups is 1. The summed E-state index contributed by atoms with van der Waals surface area (Å²) in [6.07, 6.45) is 8.27. The van der Waals surface area contributed by atoms with Gasteiger partial charge in [0.1, 0.15) is 6.61 Å². The van der Waals surface area contributed by atoms with Crippen molar-refractivity contribution in [1.29, 1.82) is 0 Å². The lowest BCUT2D eigenvalue weighted by Gasteiger charge is -2.52. The van der Waals surface area contributed by atoms with Gasteiger partial charge in [-0.2, -0.15) is 0 Å². The molecule has 25 heavy (non-hydrogen) atoms. The van der Waals surface area contributed by atoms with E-state index in [4.69, 9.17) is 0 Å². The maximum atomic E-state index is 12.8. The number of ketones is 3. The van der Waals surface area contributed by atoms with Crippen LogP contribution in [0.2, 0.25) is 0 Å². The summed E-state index contributed by atoms with van der Waals surface area (Å²) in [4.78, 5) is 36.9. The molecule has 4 nitrogen and oxygen atoms in total. The zero-order valence-electron chi connectivity index (χ0n) is 15.0. The molecule has 0 aliphatic heterocycles. The summed E-state index contributed by atoms with van der Waals surface area (Å²) < 4.78 is 0. The highest BCUT2D eigenvalue weighted by Gasteiger charge is 2.58. The number of rotatable bonds is 2. The molecular formula is C21H26O4. The van der Waals surface area contributed by atoms with E-state index < -0.39 is 5.41 Å².